The van der Waals surface area contributed by atoms with Gasteiger partial charge in [-0.2, -0.15) is 13.2 Å². The molecule has 0 aliphatic carbocycles. The summed E-state index contributed by atoms with van der Waals surface area (Å²) in [5, 5.41) is 8.68. The van der Waals surface area contributed by atoms with Crippen molar-refractivity contribution >= 4 is 17.7 Å². The predicted octanol–water partition coefficient (Wildman–Crippen LogP) is 7.01. The Morgan fingerprint density at radius 3 is 2.19 bits per heavy atom. The summed E-state index contributed by atoms with van der Waals surface area (Å²) < 4.78 is 48.6. The van der Waals surface area contributed by atoms with Gasteiger partial charge < -0.3 is 14.6 Å². The number of rotatable bonds is 9. The number of aryl methyl sites for hydroxylation is 1. The van der Waals surface area contributed by atoms with Crippen LogP contribution in [0.5, 0.6) is 11.5 Å². The minimum atomic E-state index is -4.37. The van der Waals surface area contributed by atoms with E-state index in [-0.39, 0.29) is 6.61 Å². The molecule has 0 saturated heterocycles. The molecule has 4 nitrogen and oxygen atoms in total. The van der Waals surface area contributed by atoms with E-state index in [9.17, 15) is 18.0 Å². The minimum absolute atomic E-state index is 0.271. The number of hydrogen-bond acceptors (Lipinski definition) is 4. The summed E-state index contributed by atoms with van der Waals surface area (Å²) in [7, 11) is 0. The zero-order chi connectivity index (χ0) is 24.1. The lowest BCUT2D eigenvalue weighted by Gasteiger charge is -2.12. The highest BCUT2D eigenvalue weighted by molar-refractivity contribution is 7.99. The topological polar surface area (TPSA) is 55.8 Å². The van der Waals surface area contributed by atoms with Crippen molar-refractivity contribution in [2.75, 3.05) is 19.0 Å². The molecule has 0 heterocycles. The van der Waals surface area contributed by atoms with Crippen LogP contribution in [0.2, 0.25) is 0 Å². The van der Waals surface area contributed by atoms with Gasteiger partial charge in [-0.05, 0) is 67.4 Å². The molecule has 32 heavy (non-hydrogen) atoms. The van der Waals surface area contributed by atoms with Gasteiger partial charge in [0.2, 0.25) is 0 Å². The molecule has 0 aliphatic rings. The molecule has 2 rings (SSSR count). The van der Waals surface area contributed by atoms with Crippen molar-refractivity contribution in [1.82, 2.24) is 0 Å². The van der Waals surface area contributed by atoms with Gasteiger partial charge in [0.05, 0.1) is 5.56 Å². The number of thioether (sulfide) groups is 1. The van der Waals surface area contributed by atoms with Gasteiger partial charge in [-0.1, -0.05) is 26.3 Å². The fraction of sp³-hybridized carbons (Fsp3) is 0.375. The number of carboxylic acids is 1. The normalized spacial score (nSPS) is 11.4. The zero-order valence-corrected chi connectivity index (χ0v) is 19.5. The highest BCUT2D eigenvalue weighted by Gasteiger charge is 2.30. The van der Waals surface area contributed by atoms with E-state index >= 15 is 0 Å². The Hall–Kier alpha value is -2.61. The molecule has 0 saturated carbocycles. The van der Waals surface area contributed by atoms with Crippen LogP contribution in [-0.2, 0) is 11.0 Å². The molecule has 176 valence electrons. The fourth-order valence-electron chi connectivity index (χ4n) is 2.31. The molecule has 2 aromatic carbocycles. The van der Waals surface area contributed by atoms with E-state index in [1.807, 2.05) is 32.1 Å². The van der Waals surface area contributed by atoms with Gasteiger partial charge in [-0.15, -0.1) is 11.8 Å². The average Bonchev–Trinajstić information content (AvgIpc) is 2.73. The van der Waals surface area contributed by atoms with Gasteiger partial charge in [-0.25, -0.2) is 4.79 Å². The first kappa shape index (κ1) is 27.4. The van der Waals surface area contributed by atoms with Crippen LogP contribution in [0, 0.1) is 6.92 Å². The molecule has 0 aromatic heterocycles. The molecular weight excluding hydrogens is 441 g/mol. The SMILES string of the molecule is C/C=C(\COc1ccc(C(F)(F)F)cc1)CSc1ccc(OCC(=O)O)c(C)c1.CCC. The van der Waals surface area contributed by atoms with Crippen LogP contribution in [0.3, 0.4) is 0 Å². The summed E-state index contributed by atoms with van der Waals surface area (Å²) in [5.41, 5.74) is 1.11. The van der Waals surface area contributed by atoms with E-state index in [1.54, 1.807) is 17.8 Å². The zero-order valence-electron chi connectivity index (χ0n) is 18.7. The van der Waals surface area contributed by atoms with Gasteiger partial charge in [-0.3, -0.25) is 0 Å². The smallest absolute Gasteiger partial charge is 0.416 e. The third-order valence-corrected chi connectivity index (χ3v) is 5.04. The van der Waals surface area contributed by atoms with Gasteiger partial charge in [0.15, 0.2) is 6.61 Å². The van der Waals surface area contributed by atoms with E-state index in [2.05, 4.69) is 13.8 Å². The van der Waals surface area contributed by atoms with E-state index in [0.717, 1.165) is 28.2 Å². The molecule has 0 fully saturated rings. The maximum Gasteiger partial charge on any atom is 0.416 e. The lowest BCUT2D eigenvalue weighted by Crippen LogP contribution is -2.10. The molecule has 2 aromatic rings. The van der Waals surface area contributed by atoms with Crippen molar-refractivity contribution in [3.63, 3.8) is 0 Å². The van der Waals surface area contributed by atoms with Crippen LogP contribution < -0.4 is 9.47 Å². The van der Waals surface area contributed by atoms with Crippen molar-refractivity contribution in [2.24, 2.45) is 0 Å². The molecule has 0 amide bonds. The number of alkyl halides is 3. The van der Waals surface area contributed by atoms with Gasteiger partial charge >= 0.3 is 12.1 Å². The summed E-state index contributed by atoms with van der Waals surface area (Å²) >= 11 is 1.57. The second-order valence-corrected chi connectivity index (χ2v) is 7.91. The second kappa shape index (κ2) is 13.7. The highest BCUT2D eigenvalue weighted by atomic mass is 32.2. The number of aliphatic carboxylic acids is 1. The van der Waals surface area contributed by atoms with Gasteiger partial charge in [0, 0.05) is 10.6 Å². The summed E-state index contributed by atoms with van der Waals surface area (Å²) in [4.78, 5) is 11.6. The first-order valence-corrected chi connectivity index (χ1v) is 11.1. The third-order valence-electron chi connectivity index (χ3n) is 3.94. The first-order chi connectivity index (χ1) is 15.1. The Labute approximate surface area is 191 Å². The Kier molecular flexibility index (Phi) is 11.8. The van der Waals surface area contributed by atoms with Crippen molar-refractivity contribution in [3.05, 3.63) is 65.2 Å². The van der Waals surface area contributed by atoms with Crippen LogP contribution >= 0.6 is 11.8 Å². The lowest BCUT2D eigenvalue weighted by atomic mass is 10.2. The minimum Gasteiger partial charge on any atom is -0.489 e. The van der Waals surface area contributed by atoms with Gasteiger partial charge in [0.1, 0.15) is 18.1 Å². The summed E-state index contributed by atoms with van der Waals surface area (Å²) in [6.45, 7) is 7.84. The predicted molar refractivity (Wildman–Crippen MR) is 122 cm³/mol. The van der Waals surface area contributed by atoms with E-state index in [0.29, 0.717) is 17.3 Å². The lowest BCUT2D eigenvalue weighted by molar-refractivity contribution is -0.139. The Balaban J connectivity index is 0.00000161. The Bertz CT molecular complexity index is 878. The fourth-order valence-corrected chi connectivity index (χ4v) is 3.34. The molecule has 8 heteroatoms. The van der Waals surface area contributed by atoms with Crippen LogP contribution in [0.1, 0.15) is 38.3 Å². The molecular formula is C24H29F3O4S. The number of allylic oxidation sites excluding steroid dienone is 1. The maximum absolute atomic E-state index is 12.6. The van der Waals surface area contributed by atoms with Crippen LogP contribution in [0.15, 0.2) is 59.0 Å². The maximum atomic E-state index is 12.6. The Morgan fingerprint density at radius 1 is 1.06 bits per heavy atom. The third kappa shape index (κ3) is 10.1. The van der Waals surface area contributed by atoms with E-state index in [4.69, 9.17) is 14.6 Å². The quantitative estimate of drug-likeness (QED) is 0.316. The molecule has 0 spiro atoms. The summed E-state index contributed by atoms with van der Waals surface area (Å²) in [6.07, 6.45) is -1.20. The number of benzene rings is 2. The van der Waals surface area contributed by atoms with Crippen LogP contribution in [0.25, 0.3) is 0 Å². The molecule has 0 aliphatic heterocycles. The molecule has 0 bridgehead atoms. The van der Waals surface area contributed by atoms with Crippen molar-refractivity contribution < 1.29 is 32.5 Å². The largest absolute Gasteiger partial charge is 0.489 e. The van der Waals surface area contributed by atoms with Gasteiger partial charge in [0.25, 0.3) is 0 Å². The monoisotopic (exact) mass is 470 g/mol. The van der Waals surface area contributed by atoms with Crippen LogP contribution in [-0.4, -0.2) is 30.0 Å². The standard InChI is InChI=1S/C21H21F3O4S.C3H8/c1-3-15(11-27-17-6-4-16(5-7-17)21(22,23)24)13-29-18-8-9-19(14(2)10-18)28-12-20(25)26;1-3-2/h3-10H,11-13H2,1-2H3,(H,25,26);3H2,1-2H3/b15-3+;. The number of hydrogen-bond donors (Lipinski definition) is 1. The number of carbonyl (C=O) groups is 1. The molecule has 1 N–H and O–H groups in total. The number of ether oxygens (including phenoxy) is 2. The second-order valence-electron chi connectivity index (χ2n) is 6.86. The molecule has 0 unspecified atom stereocenters. The summed E-state index contributed by atoms with van der Waals surface area (Å²) in [5.74, 6) is 0.506. The van der Waals surface area contributed by atoms with E-state index in [1.165, 1.54) is 18.6 Å². The highest BCUT2D eigenvalue weighted by Crippen LogP contribution is 2.31. The van der Waals surface area contributed by atoms with Crippen LogP contribution in [0.4, 0.5) is 13.2 Å². The van der Waals surface area contributed by atoms with Crippen molar-refractivity contribution in [3.8, 4) is 11.5 Å². The summed E-state index contributed by atoms with van der Waals surface area (Å²) in [6, 6.07) is 10.1. The molecule has 0 radical (unpaired) electrons. The first-order valence-electron chi connectivity index (χ1n) is 10.1. The Morgan fingerprint density at radius 2 is 1.69 bits per heavy atom. The van der Waals surface area contributed by atoms with Crippen molar-refractivity contribution in [2.45, 2.75) is 45.2 Å². The van der Waals surface area contributed by atoms with E-state index < -0.39 is 24.3 Å². The van der Waals surface area contributed by atoms with Crippen molar-refractivity contribution in [1.29, 1.82) is 0 Å². The molecule has 0 atom stereocenters. The number of carboxylic acid groups (broad SMARTS) is 1. The average molecular weight is 471 g/mol. The number of halogens is 3.